The molecule has 0 saturated carbocycles. The zero-order chi connectivity index (χ0) is 24.0. The van der Waals surface area contributed by atoms with Gasteiger partial charge >= 0.3 is 0 Å². The standard InChI is InChI=1S/C25H27ClN2O4S/c1-18-8-7-11-24(20(18)3)28(33(30,31)22-9-5-4-6-10-22)17-25(29)27-14-15-32-21-13-12-19(2)23(26)16-21/h4-13,16H,14-15,17H2,1-3H3,(H,27,29). The van der Waals surface area contributed by atoms with Crippen molar-refractivity contribution in [2.45, 2.75) is 25.7 Å². The number of nitrogens with one attached hydrogen (secondary N) is 1. The third kappa shape index (κ3) is 6.06. The van der Waals surface area contributed by atoms with E-state index in [0.29, 0.717) is 16.5 Å². The van der Waals surface area contributed by atoms with Crippen molar-refractivity contribution in [1.82, 2.24) is 5.32 Å². The van der Waals surface area contributed by atoms with E-state index in [1.54, 1.807) is 42.5 Å². The largest absolute Gasteiger partial charge is 0.492 e. The van der Waals surface area contributed by atoms with Crippen LogP contribution in [0.3, 0.4) is 0 Å². The van der Waals surface area contributed by atoms with Crippen LogP contribution in [0.15, 0.2) is 71.6 Å². The van der Waals surface area contributed by atoms with Crippen LogP contribution in [0, 0.1) is 20.8 Å². The summed E-state index contributed by atoms with van der Waals surface area (Å²) < 4.78 is 33.6. The predicted octanol–water partition coefficient (Wildman–Crippen LogP) is 4.66. The Kier molecular flexibility index (Phi) is 8.00. The van der Waals surface area contributed by atoms with Gasteiger partial charge in [0.1, 0.15) is 18.9 Å². The van der Waals surface area contributed by atoms with Gasteiger partial charge < -0.3 is 10.1 Å². The van der Waals surface area contributed by atoms with Gasteiger partial charge in [0, 0.05) is 5.02 Å². The SMILES string of the molecule is Cc1ccc(OCCNC(=O)CN(c2cccc(C)c2C)S(=O)(=O)c2ccccc2)cc1Cl. The molecule has 0 bridgehead atoms. The van der Waals surface area contributed by atoms with Crippen LogP contribution in [0.5, 0.6) is 5.75 Å². The summed E-state index contributed by atoms with van der Waals surface area (Å²) in [4.78, 5) is 12.8. The molecule has 33 heavy (non-hydrogen) atoms. The van der Waals surface area contributed by atoms with Crippen LogP contribution in [0.4, 0.5) is 5.69 Å². The van der Waals surface area contributed by atoms with Crippen LogP contribution in [0.25, 0.3) is 0 Å². The van der Waals surface area contributed by atoms with E-state index in [1.165, 1.54) is 12.1 Å². The van der Waals surface area contributed by atoms with Crippen LogP contribution < -0.4 is 14.4 Å². The molecule has 3 rings (SSSR count). The minimum absolute atomic E-state index is 0.123. The van der Waals surface area contributed by atoms with E-state index in [2.05, 4.69) is 5.32 Å². The van der Waals surface area contributed by atoms with Gasteiger partial charge in [0.15, 0.2) is 0 Å². The average Bonchev–Trinajstić information content (AvgIpc) is 2.80. The van der Waals surface area contributed by atoms with Crippen molar-refractivity contribution in [1.29, 1.82) is 0 Å². The lowest BCUT2D eigenvalue weighted by atomic mass is 10.1. The monoisotopic (exact) mass is 486 g/mol. The number of ether oxygens (including phenoxy) is 1. The number of sulfonamides is 1. The maximum atomic E-state index is 13.4. The van der Waals surface area contributed by atoms with Crippen molar-refractivity contribution >= 4 is 33.2 Å². The summed E-state index contributed by atoms with van der Waals surface area (Å²) in [6, 6.07) is 18.9. The molecule has 1 N–H and O–H groups in total. The Labute approximate surface area is 200 Å². The first-order chi connectivity index (χ1) is 15.7. The van der Waals surface area contributed by atoms with Crippen LogP contribution in [0.2, 0.25) is 5.02 Å². The molecule has 0 aromatic heterocycles. The number of anilines is 1. The van der Waals surface area contributed by atoms with Crippen molar-refractivity contribution in [3.63, 3.8) is 0 Å². The summed E-state index contributed by atoms with van der Waals surface area (Å²) in [6.07, 6.45) is 0. The fourth-order valence-corrected chi connectivity index (χ4v) is 4.90. The number of carbonyl (C=O) groups excluding carboxylic acids is 1. The number of carbonyl (C=O) groups is 1. The van der Waals surface area contributed by atoms with Crippen molar-refractivity contribution in [3.8, 4) is 5.75 Å². The Hall–Kier alpha value is -3.03. The third-order valence-electron chi connectivity index (χ3n) is 5.30. The molecule has 8 heteroatoms. The molecule has 0 fully saturated rings. The van der Waals surface area contributed by atoms with E-state index >= 15 is 0 Å². The first-order valence-corrected chi connectivity index (χ1v) is 12.3. The lowest BCUT2D eigenvalue weighted by Gasteiger charge is -2.26. The van der Waals surface area contributed by atoms with Gasteiger partial charge in [-0.15, -0.1) is 0 Å². The number of benzene rings is 3. The molecule has 0 unspecified atom stereocenters. The van der Waals surface area contributed by atoms with Crippen LogP contribution in [-0.2, 0) is 14.8 Å². The number of hydrogen-bond donors (Lipinski definition) is 1. The minimum atomic E-state index is -3.94. The third-order valence-corrected chi connectivity index (χ3v) is 7.48. The number of nitrogens with zero attached hydrogens (tertiary/aromatic N) is 1. The highest BCUT2D eigenvalue weighted by atomic mass is 35.5. The zero-order valence-corrected chi connectivity index (χ0v) is 20.4. The summed E-state index contributed by atoms with van der Waals surface area (Å²) >= 11 is 6.10. The Morgan fingerprint density at radius 3 is 2.39 bits per heavy atom. The maximum absolute atomic E-state index is 13.4. The molecule has 6 nitrogen and oxygen atoms in total. The Bertz CT molecular complexity index is 1230. The van der Waals surface area contributed by atoms with E-state index in [9.17, 15) is 13.2 Å². The topological polar surface area (TPSA) is 75.7 Å². The number of amides is 1. The number of rotatable bonds is 9. The van der Waals surface area contributed by atoms with Crippen molar-refractivity contribution in [2.75, 3.05) is 24.0 Å². The second-order valence-electron chi connectivity index (χ2n) is 7.65. The van der Waals surface area contributed by atoms with Gasteiger partial charge in [-0.3, -0.25) is 9.10 Å². The Morgan fingerprint density at radius 2 is 1.70 bits per heavy atom. The molecule has 3 aromatic carbocycles. The molecular formula is C25H27ClN2O4S. The molecule has 0 aliphatic rings. The van der Waals surface area contributed by atoms with Crippen molar-refractivity contribution in [2.24, 2.45) is 0 Å². The highest BCUT2D eigenvalue weighted by molar-refractivity contribution is 7.92. The fourth-order valence-electron chi connectivity index (χ4n) is 3.23. The van der Waals surface area contributed by atoms with E-state index in [0.717, 1.165) is 21.0 Å². The Morgan fingerprint density at radius 1 is 0.970 bits per heavy atom. The molecule has 0 radical (unpaired) electrons. The normalized spacial score (nSPS) is 11.2. The van der Waals surface area contributed by atoms with E-state index < -0.39 is 15.9 Å². The molecule has 1 amide bonds. The van der Waals surface area contributed by atoms with E-state index in [1.807, 2.05) is 32.9 Å². The predicted molar refractivity (Wildman–Crippen MR) is 132 cm³/mol. The second kappa shape index (κ2) is 10.7. The summed E-state index contributed by atoms with van der Waals surface area (Å²) in [7, 11) is -3.94. The van der Waals surface area contributed by atoms with Gasteiger partial charge in [-0.2, -0.15) is 0 Å². The zero-order valence-electron chi connectivity index (χ0n) is 18.8. The first kappa shape index (κ1) is 24.6. The molecule has 0 heterocycles. The summed E-state index contributed by atoms with van der Waals surface area (Å²) in [5.74, 6) is 0.171. The molecule has 0 atom stereocenters. The van der Waals surface area contributed by atoms with Gasteiger partial charge in [-0.05, 0) is 67.8 Å². The molecule has 0 aliphatic carbocycles. The summed E-state index contributed by atoms with van der Waals surface area (Å²) in [5, 5.41) is 3.34. The van der Waals surface area contributed by atoms with Crippen LogP contribution in [0.1, 0.15) is 16.7 Å². The highest BCUT2D eigenvalue weighted by Gasteiger charge is 2.28. The number of halogens is 1. The van der Waals surface area contributed by atoms with Crippen molar-refractivity contribution in [3.05, 3.63) is 88.4 Å². The number of aryl methyl sites for hydroxylation is 2. The quantitative estimate of drug-likeness (QED) is 0.446. The molecule has 0 spiro atoms. The average molecular weight is 487 g/mol. The maximum Gasteiger partial charge on any atom is 0.264 e. The van der Waals surface area contributed by atoms with Crippen LogP contribution in [-0.4, -0.2) is 34.0 Å². The van der Waals surface area contributed by atoms with E-state index in [-0.39, 0.29) is 24.6 Å². The minimum Gasteiger partial charge on any atom is -0.492 e. The lowest BCUT2D eigenvalue weighted by Crippen LogP contribution is -2.42. The molecule has 0 saturated heterocycles. The Balaban J connectivity index is 1.72. The van der Waals surface area contributed by atoms with Gasteiger partial charge in [-0.1, -0.05) is 48.0 Å². The van der Waals surface area contributed by atoms with E-state index in [4.69, 9.17) is 16.3 Å². The smallest absolute Gasteiger partial charge is 0.264 e. The van der Waals surface area contributed by atoms with Gasteiger partial charge in [-0.25, -0.2) is 8.42 Å². The first-order valence-electron chi connectivity index (χ1n) is 10.5. The summed E-state index contributed by atoms with van der Waals surface area (Å²) in [6.45, 7) is 5.74. The second-order valence-corrected chi connectivity index (χ2v) is 9.92. The van der Waals surface area contributed by atoms with Gasteiger partial charge in [0.2, 0.25) is 5.91 Å². The summed E-state index contributed by atoms with van der Waals surface area (Å²) in [5.41, 5.74) is 3.15. The van der Waals surface area contributed by atoms with Crippen molar-refractivity contribution < 1.29 is 17.9 Å². The fraction of sp³-hybridized carbons (Fsp3) is 0.240. The lowest BCUT2D eigenvalue weighted by molar-refractivity contribution is -0.119. The molecule has 0 aliphatic heterocycles. The van der Waals surface area contributed by atoms with Crippen LogP contribution >= 0.6 is 11.6 Å². The molecule has 3 aromatic rings. The van der Waals surface area contributed by atoms with Gasteiger partial charge in [0.05, 0.1) is 17.1 Å². The highest BCUT2D eigenvalue weighted by Crippen LogP contribution is 2.28. The van der Waals surface area contributed by atoms with Gasteiger partial charge in [0.25, 0.3) is 10.0 Å². The molecular weight excluding hydrogens is 460 g/mol. The number of hydrogen-bond acceptors (Lipinski definition) is 4. The molecule has 174 valence electrons.